The van der Waals surface area contributed by atoms with Crippen LogP contribution in [0.2, 0.25) is 0 Å². The molecular weight excluding hydrogens is 468 g/mol. The van der Waals surface area contributed by atoms with E-state index < -0.39 is 11.6 Å². The van der Waals surface area contributed by atoms with Crippen molar-refractivity contribution >= 4 is 23.1 Å². The van der Waals surface area contributed by atoms with Crippen molar-refractivity contribution in [2.45, 2.75) is 24.0 Å². The fourth-order valence-electron chi connectivity index (χ4n) is 5.13. The molecule has 5 rings (SSSR count). The number of aromatic nitrogens is 4. The summed E-state index contributed by atoms with van der Waals surface area (Å²) in [6.07, 6.45) is 3.70. The molecule has 0 saturated carbocycles. The Bertz CT molecular complexity index is 1190. The first-order valence-corrected chi connectivity index (χ1v) is 12.8. The van der Waals surface area contributed by atoms with Gasteiger partial charge >= 0.3 is 0 Å². The van der Waals surface area contributed by atoms with Crippen molar-refractivity contribution in [2.75, 3.05) is 36.8 Å². The summed E-state index contributed by atoms with van der Waals surface area (Å²) in [6.45, 7) is 7.19. The predicted octanol–water partition coefficient (Wildman–Crippen LogP) is 3.78. The summed E-state index contributed by atoms with van der Waals surface area (Å²) in [5.41, 5.74) is 7.78. The van der Waals surface area contributed by atoms with Crippen LogP contribution >= 0.6 is 11.8 Å². The SMILES string of the molecule is C=C(N)c1ccc(-c2nnc(SCCCN3C[C@H]4CCN(c5c(F)cccc5F)[C@H]4C3)n2C)cn1. The summed E-state index contributed by atoms with van der Waals surface area (Å²) in [5, 5.41) is 9.52. The van der Waals surface area contributed by atoms with Gasteiger partial charge in [0.25, 0.3) is 0 Å². The quantitative estimate of drug-likeness (QED) is 0.375. The minimum Gasteiger partial charge on any atom is -0.397 e. The van der Waals surface area contributed by atoms with Crippen LogP contribution in [0.25, 0.3) is 17.1 Å². The zero-order valence-electron chi connectivity index (χ0n) is 19.7. The second-order valence-corrected chi connectivity index (χ2v) is 10.2. The molecule has 2 N–H and O–H groups in total. The van der Waals surface area contributed by atoms with Gasteiger partial charge in [0.2, 0.25) is 0 Å². The van der Waals surface area contributed by atoms with E-state index in [1.165, 1.54) is 18.2 Å². The van der Waals surface area contributed by atoms with Crippen LogP contribution < -0.4 is 10.6 Å². The predicted molar refractivity (Wildman–Crippen MR) is 135 cm³/mol. The lowest BCUT2D eigenvalue weighted by atomic mass is 10.0. The van der Waals surface area contributed by atoms with Gasteiger partial charge in [0.1, 0.15) is 17.3 Å². The first kappa shape index (κ1) is 23.7. The number of hydrogen-bond donors (Lipinski definition) is 1. The number of benzene rings is 1. The zero-order chi connectivity index (χ0) is 24.5. The van der Waals surface area contributed by atoms with E-state index in [0.29, 0.717) is 23.9 Å². The van der Waals surface area contributed by atoms with E-state index in [1.54, 1.807) is 18.0 Å². The van der Waals surface area contributed by atoms with E-state index in [9.17, 15) is 8.78 Å². The minimum atomic E-state index is -0.472. The van der Waals surface area contributed by atoms with Crippen molar-refractivity contribution in [1.82, 2.24) is 24.6 Å². The number of rotatable bonds is 8. The van der Waals surface area contributed by atoms with Gasteiger partial charge in [-0.15, -0.1) is 10.2 Å². The molecule has 7 nitrogen and oxygen atoms in total. The highest BCUT2D eigenvalue weighted by Crippen LogP contribution is 2.37. The normalized spacial score (nSPS) is 19.9. The van der Waals surface area contributed by atoms with Gasteiger partial charge in [-0.2, -0.15) is 0 Å². The molecule has 1 aromatic carbocycles. The molecular formula is C25H29F2N7S. The Hall–Kier alpha value is -2.98. The lowest BCUT2D eigenvalue weighted by molar-refractivity contribution is 0.318. The van der Waals surface area contributed by atoms with Crippen molar-refractivity contribution < 1.29 is 8.78 Å². The molecule has 3 aromatic rings. The Morgan fingerprint density at radius 1 is 1.17 bits per heavy atom. The zero-order valence-corrected chi connectivity index (χ0v) is 20.5. The maximum absolute atomic E-state index is 14.3. The lowest BCUT2D eigenvalue weighted by Gasteiger charge is -2.27. The van der Waals surface area contributed by atoms with E-state index in [0.717, 1.165) is 54.8 Å². The number of halogens is 2. The Labute approximate surface area is 208 Å². The van der Waals surface area contributed by atoms with Gasteiger partial charge in [-0.05, 0) is 49.6 Å². The topological polar surface area (TPSA) is 76.1 Å². The number of thioether (sulfide) groups is 1. The molecule has 2 fully saturated rings. The van der Waals surface area contributed by atoms with Gasteiger partial charge in [-0.1, -0.05) is 24.4 Å². The molecule has 0 spiro atoms. The largest absolute Gasteiger partial charge is 0.397 e. The average Bonchev–Trinajstić information content (AvgIpc) is 3.52. The van der Waals surface area contributed by atoms with Crippen molar-refractivity contribution in [3.05, 3.63) is 60.4 Å². The molecule has 0 aliphatic carbocycles. The van der Waals surface area contributed by atoms with Crippen LogP contribution in [0.3, 0.4) is 0 Å². The molecule has 4 heterocycles. The number of anilines is 1. The van der Waals surface area contributed by atoms with Crippen LogP contribution in [0.5, 0.6) is 0 Å². The smallest absolute Gasteiger partial charge is 0.191 e. The Morgan fingerprint density at radius 3 is 2.69 bits per heavy atom. The maximum Gasteiger partial charge on any atom is 0.191 e. The van der Waals surface area contributed by atoms with Crippen LogP contribution in [0, 0.1) is 17.6 Å². The van der Waals surface area contributed by atoms with Gasteiger partial charge in [-0.25, -0.2) is 8.78 Å². The monoisotopic (exact) mass is 497 g/mol. The summed E-state index contributed by atoms with van der Waals surface area (Å²) >= 11 is 1.68. The Kier molecular flexibility index (Phi) is 6.75. The van der Waals surface area contributed by atoms with E-state index in [1.807, 2.05) is 28.6 Å². The highest BCUT2D eigenvalue weighted by Gasteiger charge is 2.42. The third-order valence-electron chi connectivity index (χ3n) is 6.88. The molecule has 2 aliphatic heterocycles. The highest BCUT2D eigenvalue weighted by atomic mass is 32.2. The fraction of sp³-hybridized carbons (Fsp3) is 0.400. The second-order valence-electron chi connectivity index (χ2n) is 9.16. The van der Waals surface area contributed by atoms with E-state index >= 15 is 0 Å². The summed E-state index contributed by atoms with van der Waals surface area (Å²) in [5.74, 6) is 1.18. The maximum atomic E-state index is 14.3. The standard InChI is InChI=1S/C25H29F2N7S/c1-16(28)21-8-7-17(13-29-21)24-30-31-25(32(24)2)35-12-4-10-33-14-18-9-11-34(22(18)15-33)23-19(26)5-3-6-20(23)27/h3,5-8,13,18,22H,1,4,9-12,14-15,28H2,2H3/t18-,22+/m1/s1. The summed E-state index contributed by atoms with van der Waals surface area (Å²) in [4.78, 5) is 8.68. The van der Waals surface area contributed by atoms with Crippen molar-refractivity contribution in [1.29, 1.82) is 0 Å². The molecule has 0 amide bonds. The third-order valence-corrected chi connectivity index (χ3v) is 7.99. The van der Waals surface area contributed by atoms with Crippen molar-refractivity contribution in [2.24, 2.45) is 18.7 Å². The van der Waals surface area contributed by atoms with E-state index in [-0.39, 0.29) is 11.7 Å². The summed E-state index contributed by atoms with van der Waals surface area (Å²) in [7, 11) is 1.95. The summed E-state index contributed by atoms with van der Waals surface area (Å²) < 4.78 is 30.6. The van der Waals surface area contributed by atoms with Crippen LogP contribution in [0.1, 0.15) is 18.5 Å². The molecule has 2 aliphatic rings. The van der Waals surface area contributed by atoms with Crippen LogP contribution in [-0.4, -0.2) is 62.6 Å². The Balaban J connectivity index is 1.13. The Morgan fingerprint density at radius 2 is 1.97 bits per heavy atom. The molecule has 2 aromatic heterocycles. The molecule has 2 atom stereocenters. The number of fused-ring (bicyclic) bond motifs is 1. The van der Waals surface area contributed by atoms with E-state index in [2.05, 4.69) is 26.7 Å². The molecule has 0 bridgehead atoms. The fourth-order valence-corrected chi connectivity index (χ4v) is 5.97. The van der Waals surface area contributed by atoms with E-state index in [4.69, 9.17) is 5.73 Å². The molecule has 0 radical (unpaired) electrons. The number of pyridine rings is 1. The number of para-hydroxylation sites is 1. The molecule has 0 unspecified atom stereocenters. The number of nitrogens with zero attached hydrogens (tertiary/aromatic N) is 6. The highest BCUT2D eigenvalue weighted by molar-refractivity contribution is 7.99. The number of nitrogens with two attached hydrogens (primary N) is 1. The van der Waals surface area contributed by atoms with Crippen LogP contribution in [0.4, 0.5) is 14.5 Å². The average molecular weight is 498 g/mol. The molecule has 10 heteroatoms. The minimum absolute atomic E-state index is 0.133. The third kappa shape index (κ3) is 4.77. The van der Waals surface area contributed by atoms with Crippen molar-refractivity contribution in [3.8, 4) is 11.4 Å². The van der Waals surface area contributed by atoms with Crippen LogP contribution in [-0.2, 0) is 7.05 Å². The molecule has 2 saturated heterocycles. The van der Waals surface area contributed by atoms with Gasteiger partial charge in [0.05, 0.1) is 11.4 Å². The van der Waals surface area contributed by atoms with Crippen molar-refractivity contribution in [3.63, 3.8) is 0 Å². The van der Waals surface area contributed by atoms with Crippen LogP contribution in [0.15, 0.2) is 48.3 Å². The number of likely N-dealkylation sites (tertiary alicyclic amines) is 1. The van der Waals surface area contributed by atoms with Gasteiger partial charge in [-0.3, -0.25) is 4.98 Å². The van der Waals surface area contributed by atoms with Gasteiger partial charge < -0.3 is 20.1 Å². The molecule has 35 heavy (non-hydrogen) atoms. The van der Waals surface area contributed by atoms with Gasteiger partial charge in [0.15, 0.2) is 11.0 Å². The second kappa shape index (κ2) is 9.94. The van der Waals surface area contributed by atoms with Gasteiger partial charge in [0, 0.05) is 50.2 Å². The first-order valence-electron chi connectivity index (χ1n) is 11.8. The lowest BCUT2D eigenvalue weighted by Crippen LogP contribution is -2.36. The number of hydrogen-bond acceptors (Lipinski definition) is 7. The molecule has 184 valence electrons. The summed E-state index contributed by atoms with van der Waals surface area (Å²) in [6, 6.07) is 8.02. The first-order chi connectivity index (χ1) is 16.9.